The van der Waals surface area contributed by atoms with Gasteiger partial charge in [-0.2, -0.15) is 4.98 Å². The van der Waals surface area contributed by atoms with Crippen LogP contribution in [0.15, 0.2) is 43.0 Å². The highest BCUT2D eigenvalue weighted by molar-refractivity contribution is 5.92. The zero-order valence-electron chi connectivity index (χ0n) is 17.0. The lowest BCUT2D eigenvalue weighted by atomic mass is 10.2. The van der Waals surface area contributed by atoms with Crippen LogP contribution in [0.1, 0.15) is 16.1 Å². The van der Waals surface area contributed by atoms with E-state index in [0.717, 1.165) is 5.56 Å². The molecule has 0 radical (unpaired) electrons. The lowest BCUT2D eigenvalue weighted by Crippen LogP contribution is -2.18. The van der Waals surface area contributed by atoms with E-state index in [-0.39, 0.29) is 5.91 Å². The Balaban J connectivity index is 1.69. The first-order valence-electron chi connectivity index (χ1n) is 9.27. The van der Waals surface area contributed by atoms with Crippen molar-refractivity contribution in [3.05, 3.63) is 65.7 Å². The average Bonchev–Trinajstić information content (AvgIpc) is 3.16. The number of aromatic nitrogens is 5. The zero-order chi connectivity index (χ0) is 22.0. The summed E-state index contributed by atoms with van der Waals surface area (Å²) in [6.45, 7) is 8.92. The molecule has 2 N–H and O–H groups in total. The van der Waals surface area contributed by atoms with Crippen molar-refractivity contribution in [2.24, 2.45) is 7.05 Å². The number of hydrogen-bond acceptors (Lipinski definition) is 7. The number of anilines is 2. The van der Waals surface area contributed by atoms with E-state index in [0.29, 0.717) is 45.7 Å². The van der Waals surface area contributed by atoms with Gasteiger partial charge in [0.15, 0.2) is 17.6 Å². The lowest BCUT2D eigenvalue weighted by Gasteiger charge is -2.11. The van der Waals surface area contributed by atoms with E-state index >= 15 is 0 Å². The van der Waals surface area contributed by atoms with Crippen molar-refractivity contribution in [1.82, 2.24) is 29.8 Å². The van der Waals surface area contributed by atoms with Crippen LogP contribution in [-0.2, 0) is 7.05 Å². The number of imidazole rings is 1. The Hall–Kier alpha value is -4.52. The minimum absolute atomic E-state index is 0.258. The maximum Gasteiger partial charge on any atom is 0.269 e. The summed E-state index contributed by atoms with van der Waals surface area (Å²) in [5.74, 6) is 0.888. The first-order chi connectivity index (χ1) is 15.0. The molecular formula is C21H18N8O2. The molecule has 0 bridgehead atoms. The van der Waals surface area contributed by atoms with E-state index in [1.807, 2.05) is 14.0 Å². The largest absolute Gasteiger partial charge is 0.435 e. The van der Waals surface area contributed by atoms with Crippen molar-refractivity contribution < 1.29 is 9.53 Å². The lowest BCUT2D eigenvalue weighted by molar-refractivity contribution is 0.0958. The zero-order valence-corrected chi connectivity index (χ0v) is 17.0. The fourth-order valence-electron chi connectivity index (χ4n) is 2.92. The van der Waals surface area contributed by atoms with Crippen molar-refractivity contribution >= 4 is 34.3 Å². The molecule has 0 unspecified atom stereocenters. The standard InChI is InChI=1S/C21H18N8O2/c1-12-7-17(22-2)25-10-16(12)31-18-8-15(19-20(28-18)29(4)11-26-19)27-13-5-6-14(24-9-13)21(30)23-3/h5-11H,1,3-4H3,(H,23,30)(H,27,28). The number of rotatable bonds is 5. The molecule has 0 spiro atoms. The fraction of sp³-hybridized carbons (Fsp3) is 0.143. The first kappa shape index (κ1) is 19.8. The van der Waals surface area contributed by atoms with Gasteiger partial charge < -0.3 is 24.8 Å². The second kappa shape index (κ2) is 8.08. The van der Waals surface area contributed by atoms with Crippen LogP contribution in [-0.4, -0.2) is 37.5 Å². The summed E-state index contributed by atoms with van der Waals surface area (Å²) in [6.07, 6.45) is 4.74. The van der Waals surface area contributed by atoms with Crippen molar-refractivity contribution in [3.8, 4) is 11.6 Å². The topological polar surface area (TPSA) is 111 Å². The van der Waals surface area contributed by atoms with Crippen molar-refractivity contribution in [3.63, 3.8) is 0 Å². The SMILES string of the molecule is [C-]#[N+]c1cc(C)c(Oc2cc(Nc3ccc(C(=O)NC)nc3)c3ncn(C)c3n2)cn1. The van der Waals surface area contributed by atoms with Gasteiger partial charge in [0.25, 0.3) is 11.7 Å². The fourth-order valence-corrected chi connectivity index (χ4v) is 2.92. The first-order valence-corrected chi connectivity index (χ1v) is 9.27. The summed E-state index contributed by atoms with van der Waals surface area (Å²) in [7, 11) is 3.39. The summed E-state index contributed by atoms with van der Waals surface area (Å²) in [4.78, 5) is 32.2. The molecule has 0 aliphatic heterocycles. The van der Waals surface area contributed by atoms with E-state index in [2.05, 4.69) is 35.4 Å². The highest BCUT2D eigenvalue weighted by atomic mass is 16.5. The maximum absolute atomic E-state index is 11.7. The second-order valence-corrected chi connectivity index (χ2v) is 6.69. The quantitative estimate of drug-likeness (QED) is 0.481. The number of carbonyl (C=O) groups is 1. The predicted octanol–water partition coefficient (Wildman–Crippen LogP) is 3.51. The third-order valence-corrected chi connectivity index (χ3v) is 4.52. The number of nitrogens with one attached hydrogen (secondary N) is 2. The molecule has 0 aliphatic rings. The van der Waals surface area contributed by atoms with Crippen molar-refractivity contribution in [1.29, 1.82) is 0 Å². The molecule has 1 amide bonds. The highest BCUT2D eigenvalue weighted by Crippen LogP contribution is 2.31. The minimum atomic E-state index is -0.258. The number of aryl methyl sites for hydroxylation is 2. The van der Waals surface area contributed by atoms with E-state index in [1.165, 1.54) is 6.20 Å². The monoisotopic (exact) mass is 414 g/mol. The molecular weight excluding hydrogens is 396 g/mol. The molecule has 4 rings (SSSR count). The van der Waals surface area contributed by atoms with Gasteiger partial charge in [-0.3, -0.25) is 4.79 Å². The van der Waals surface area contributed by atoms with Crippen LogP contribution in [0.5, 0.6) is 11.6 Å². The molecule has 0 saturated carbocycles. The third-order valence-electron chi connectivity index (χ3n) is 4.52. The summed E-state index contributed by atoms with van der Waals surface area (Å²) in [5, 5.41) is 5.80. The van der Waals surface area contributed by atoms with E-state index < -0.39 is 0 Å². The van der Waals surface area contributed by atoms with E-state index in [4.69, 9.17) is 11.3 Å². The molecule has 0 saturated heterocycles. The maximum atomic E-state index is 11.7. The predicted molar refractivity (Wildman–Crippen MR) is 115 cm³/mol. The Labute approximate surface area is 177 Å². The van der Waals surface area contributed by atoms with Gasteiger partial charge in [-0.15, -0.1) is 4.98 Å². The summed E-state index contributed by atoms with van der Waals surface area (Å²) in [6, 6.07) is 6.77. The molecule has 154 valence electrons. The number of pyridine rings is 3. The highest BCUT2D eigenvalue weighted by Gasteiger charge is 2.14. The van der Waals surface area contributed by atoms with Crippen LogP contribution < -0.4 is 15.4 Å². The Morgan fingerprint density at radius 2 is 2.03 bits per heavy atom. The molecule has 4 aromatic heterocycles. The molecule has 0 aliphatic carbocycles. The molecule has 10 nitrogen and oxygen atoms in total. The van der Waals surface area contributed by atoms with Crippen molar-refractivity contribution in [2.75, 3.05) is 12.4 Å². The van der Waals surface area contributed by atoms with Crippen LogP contribution in [0.3, 0.4) is 0 Å². The van der Waals surface area contributed by atoms with Gasteiger partial charge in [-0.25, -0.2) is 9.97 Å². The molecule has 10 heteroatoms. The number of fused-ring (bicyclic) bond motifs is 1. The summed E-state index contributed by atoms with van der Waals surface area (Å²) >= 11 is 0. The van der Waals surface area contributed by atoms with Gasteiger partial charge in [0.05, 0.1) is 23.9 Å². The Morgan fingerprint density at radius 3 is 2.71 bits per heavy atom. The molecule has 31 heavy (non-hydrogen) atoms. The third kappa shape index (κ3) is 3.97. The van der Waals surface area contributed by atoms with Crippen molar-refractivity contribution in [2.45, 2.75) is 6.92 Å². The Morgan fingerprint density at radius 1 is 1.19 bits per heavy atom. The van der Waals surface area contributed by atoms with Crippen LogP contribution in [0.25, 0.3) is 16.0 Å². The van der Waals surface area contributed by atoms with Gasteiger partial charge >= 0.3 is 0 Å². The van der Waals surface area contributed by atoms with E-state index in [1.54, 1.807) is 48.4 Å². The molecule has 0 atom stereocenters. The Bertz CT molecular complexity index is 1320. The summed E-state index contributed by atoms with van der Waals surface area (Å²) < 4.78 is 7.74. The number of carbonyl (C=O) groups excluding carboxylic acids is 1. The molecule has 4 heterocycles. The van der Waals surface area contributed by atoms with Gasteiger partial charge in [0.1, 0.15) is 11.2 Å². The normalized spacial score (nSPS) is 10.5. The van der Waals surface area contributed by atoms with Gasteiger partial charge in [-0.1, -0.05) is 6.57 Å². The van der Waals surface area contributed by atoms with E-state index in [9.17, 15) is 4.79 Å². The second-order valence-electron chi connectivity index (χ2n) is 6.69. The van der Waals surface area contributed by atoms with Gasteiger partial charge in [-0.05, 0) is 30.7 Å². The smallest absolute Gasteiger partial charge is 0.269 e. The summed E-state index contributed by atoms with van der Waals surface area (Å²) in [5.41, 5.74) is 3.72. The average molecular weight is 414 g/mol. The number of nitrogens with zero attached hydrogens (tertiary/aromatic N) is 6. The van der Waals surface area contributed by atoms with Gasteiger partial charge in [0.2, 0.25) is 5.88 Å². The van der Waals surface area contributed by atoms with Crippen LogP contribution in [0.2, 0.25) is 0 Å². The van der Waals surface area contributed by atoms with Crippen LogP contribution >= 0.6 is 0 Å². The minimum Gasteiger partial charge on any atom is -0.435 e. The number of hydrogen-bond donors (Lipinski definition) is 2. The molecule has 0 aromatic carbocycles. The molecule has 0 fully saturated rings. The number of ether oxygens (including phenoxy) is 1. The van der Waals surface area contributed by atoms with Gasteiger partial charge in [0, 0.05) is 20.2 Å². The molecule has 4 aromatic rings. The Kier molecular flexibility index (Phi) is 5.15. The van der Waals surface area contributed by atoms with Crippen LogP contribution in [0.4, 0.5) is 17.2 Å². The van der Waals surface area contributed by atoms with Crippen LogP contribution in [0, 0.1) is 13.5 Å². The number of amides is 1.